The Hall–Kier alpha value is -3.27. The molecule has 0 unspecified atom stereocenters. The number of hydrogen-bond donors (Lipinski definition) is 1. The summed E-state index contributed by atoms with van der Waals surface area (Å²) in [4.78, 5) is 12.0. The Labute approximate surface area is 139 Å². The van der Waals surface area contributed by atoms with Crippen molar-refractivity contribution >= 4 is 22.2 Å². The number of carbonyl (C=O) groups excluding carboxylic acids is 1. The van der Waals surface area contributed by atoms with Crippen LogP contribution in [0.15, 0.2) is 66.9 Å². The predicted octanol–water partition coefficient (Wildman–Crippen LogP) is 3.87. The van der Waals surface area contributed by atoms with Gasteiger partial charge in [-0.2, -0.15) is 0 Å². The van der Waals surface area contributed by atoms with Crippen LogP contribution in [0.5, 0.6) is 5.75 Å². The fourth-order valence-electron chi connectivity index (χ4n) is 3.15. The molecule has 4 rings (SSSR count). The van der Waals surface area contributed by atoms with Crippen LogP contribution >= 0.6 is 0 Å². The van der Waals surface area contributed by atoms with Crippen LogP contribution < -0.4 is 10.5 Å². The summed E-state index contributed by atoms with van der Waals surface area (Å²) < 4.78 is 7.23. The van der Waals surface area contributed by atoms with Crippen molar-refractivity contribution in [2.75, 3.05) is 7.11 Å². The Morgan fingerprint density at radius 3 is 2.50 bits per heavy atom. The summed E-state index contributed by atoms with van der Waals surface area (Å²) in [5.74, 6) is 0.333. The Morgan fingerprint density at radius 1 is 1.04 bits per heavy atom. The van der Waals surface area contributed by atoms with Gasteiger partial charge >= 0.3 is 0 Å². The zero-order valence-electron chi connectivity index (χ0n) is 13.2. The number of fused-ring (bicyclic) bond motifs is 3. The van der Waals surface area contributed by atoms with E-state index in [1.807, 2.05) is 65.2 Å². The monoisotopic (exact) mass is 316 g/mol. The quantitative estimate of drug-likeness (QED) is 0.624. The van der Waals surface area contributed by atoms with E-state index in [0.29, 0.717) is 5.56 Å². The highest BCUT2D eigenvalue weighted by atomic mass is 16.5. The zero-order valence-corrected chi connectivity index (χ0v) is 13.2. The van der Waals surface area contributed by atoms with Gasteiger partial charge in [-0.15, -0.1) is 0 Å². The minimum absolute atomic E-state index is 0.436. The number of benzene rings is 2. The molecule has 24 heavy (non-hydrogen) atoms. The molecule has 0 aliphatic carbocycles. The number of rotatable bonds is 3. The molecule has 0 aliphatic heterocycles. The first-order valence-corrected chi connectivity index (χ1v) is 7.66. The first kappa shape index (κ1) is 14.3. The van der Waals surface area contributed by atoms with E-state index in [0.717, 1.165) is 33.3 Å². The van der Waals surface area contributed by atoms with Crippen molar-refractivity contribution in [1.82, 2.24) is 4.40 Å². The van der Waals surface area contributed by atoms with Crippen LogP contribution in [0.2, 0.25) is 0 Å². The molecule has 118 valence electrons. The van der Waals surface area contributed by atoms with E-state index in [2.05, 4.69) is 6.07 Å². The van der Waals surface area contributed by atoms with Crippen molar-refractivity contribution in [3.63, 3.8) is 0 Å². The van der Waals surface area contributed by atoms with E-state index in [-0.39, 0.29) is 0 Å². The summed E-state index contributed by atoms with van der Waals surface area (Å²) in [6.45, 7) is 0. The van der Waals surface area contributed by atoms with E-state index < -0.39 is 5.91 Å². The van der Waals surface area contributed by atoms with Gasteiger partial charge in [0.15, 0.2) is 0 Å². The summed E-state index contributed by atoms with van der Waals surface area (Å²) in [5, 5.41) is 2.21. The number of nitrogens with zero attached hydrogens (tertiary/aromatic N) is 1. The molecule has 4 heteroatoms. The van der Waals surface area contributed by atoms with Crippen molar-refractivity contribution in [2.45, 2.75) is 0 Å². The molecule has 0 saturated heterocycles. The molecule has 0 fully saturated rings. The average molecular weight is 316 g/mol. The lowest BCUT2D eigenvalue weighted by Gasteiger charge is -2.08. The molecule has 0 radical (unpaired) electrons. The maximum absolute atomic E-state index is 12.0. The lowest BCUT2D eigenvalue weighted by molar-refractivity contribution is 0.100. The average Bonchev–Trinajstić information content (AvgIpc) is 3.02. The molecule has 2 heterocycles. The second-order valence-corrected chi connectivity index (χ2v) is 5.66. The molecule has 2 aromatic carbocycles. The summed E-state index contributed by atoms with van der Waals surface area (Å²) in [6.07, 6.45) is 1.98. The Morgan fingerprint density at radius 2 is 1.79 bits per heavy atom. The summed E-state index contributed by atoms with van der Waals surface area (Å²) in [6, 6.07) is 19.6. The highest BCUT2D eigenvalue weighted by Crippen LogP contribution is 2.32. The van der Waals surface area contributed by atoms with Gasteiger partial charge in [-0.3, -0.25) is 4.79 Å². The van der Waals surface area contributed by atoms with Gasteiger partial charge in [0.05, 0.1) is 23.9 Å². The van der Waals surface area contributed by atoms with Gasteiger partial charge in [-0.1, -0.05) is 24.3 Å². The van der Waals surface area contributed by atoms with Gasteiger partial charge in [-0.05, 0) is 47.3 Å². The van der Waals surface area contributed by atoms with E-state index >= 15 is 0 Å². The molecule has 0 aliphatic rings. The number of primary amides is 1. The fraction of sp³-hybridized carbons (Fsp3) is 0.0500. The van der Waals surface area contributed by atoms with Crippen LogP contribution in [0.3, 0.4) is 0 Å². The molecular formula is C20H16N2O2. The lowest BCUT2D eigenvalue weighted by Crippen LogP contribution is -2.11. The third-order valence-electron chi connectivity index (χ3n) is 4.31. The number of nitrogens with two attached hydrogens (primary N) is 1. The predicted molar refractivity (Wildman–Crippen MR) is 95.4 cm³/mol. The van der Waals surface area contributed by atoms with E-state index in [1.54, 1.807) is 7.11 Å². The van der Waals surface area contributed by atoms with Crippen LogP contribution in [0.25, 0.3) is 27.5 Å². The maximum atomic E-state index is 12.0. The van der Waals surface area contributed by atoms with Gasteiger partial charge in [0.2, 0.25) is 0 Å². The highest BCUT2D eigenvalue weighted by molar-refractivity contribution is 6.06. The zero-order chi connectivity index (χ0) is 16.7. The third kappa shape index (κ3) is 2.12. The van der Waals surface area contributed by atoms with Gasteiger partial charge in [-0.25, -0.2) is 0 Å². The second-order valence-electron chi connectivity index (χ2n) is 5.66. The number of methoxy groups -OCH3 is 1. The number of ether oxygens (including phenoxy) is 1. The van der Waals surface area contributed by atoms with Crippen LogP contribution in [-0.4, -0.2) is 17.4 Å². The lowest BCUT2D eigenvalue weighted by atomic mass is 10.1. The number of aromatic nitrogens is 1. The van der Waals surface area contributed by atoms with Crippen molar-refractivity contribution in [2.24, 2.45) is 5.73 Å². The van der Waals surface area contributed by atoms with Crippen molar-refractivity contribution in [3.05, 3.63) is 72.4 Å². The van der Waals surface area contributed by atoms with Crippen molar-refractivity contribution in [1.29, 1.82) is 0 Å². The van der Waals surface area contributed by atoms with E-state index in [9.17, 15) is 4.79 Å². The topological polar surface area (TPSA) is 56.7 Å². The first-order chi connectivity index (χ1) is 11.7. The van der Waals surface area contributed by atoms with Gasteiger partial charge in [0, 0.05) is 11.6 Å². The number of amides is 1. The summed E-state index contributed by atoms with van der Waals surface area (Å²) in [5.41, 5.74) is 8.83. The minimum atomic E-state index is -0.436. The van der Waals surface area contributed by atoms with Gasteiger partial charge < -0.3 is 14.9 Å². The number of hydrogen-bond acceptors (Lipinski definition) is 2. The summed E-state index contributed by atoms with van der Waals surface area (Å²) in [7, 11) is 1.63. The molecular weight excluding hydrogens is 300 g/mol. The molecule has 0 bridgehead atoms. The van der Waals surface area contributed by atoms with E-state index in [1.165, 1.54) is 0 Å². The number of pyridine rings is 1. The smallest absolute Gasteiger partial charge is 0.250 e. The van der Waals surface area contributed by atoms with Crippen LogP contribution in [0.4, 0.5) is 0 Å². The van der Waals surface area contributed by atoms with Crippen LogP contribution in [0.1, 0.15) is 10.4 Å². The van der Waals surface area contributed by atoms with Crippen LogP contribution in [0, 0.1) is 0 Å². The second kappa shape index (κ2) is 5.42. The molecule has 2 aromatic heterocycles. The Bertz CT molecular complexity index is 1060. The molecule has 0 atom stereocenters. The van der Waals surface area contributed by atoms with Crippen molar-refractivity contribution < 1.29 is 9.53 Å². The SMILES string of the molecule is COc1ccc(-c2c(C(N)=O)cc3c4ccccc4ccn23)cc1. The van der Waals surface area contributed by atoms with Gasteiger partial charge in [0.25, 0.3) is 5.91 Å². The third-order valence-corrected chi connectivity index (χ3v) is 4.31. The standard InChI is InChI=1S/C20H16N2O2/c1-24-15-8-6-14(7-9-15)19-17(20(21)23)12-18-16-5-3-2-4-13(16)10-11-22(18)19/h2-12H,1H3,(H2,21,23). The molecule has 0 spiro atoms. The molecule has 2 N–H and O–H groups in total. The Balaban J connectivity index is 2.06. The maximum Gasteiger partial charge on any atom is 0.250 e. The molecule has 1 amide bonds. The minimum Gasteiger partial charge on any atom is -0.497 e. The Kier molecular flexibility index (Phi) is 3.24. The molecule has 4 nitrogen and oxygen atoms in total. The largest absolute Gasteiger partial charge is 0.497 e. The highest BCUT2D eigenvalue weighted by Gasteiger charge is 2.17. The molecule has 0 saturated carbocycles. The number of carbonyl (C=O) groups is 1. The fourth-order valence-corrected chi connectivity index (χ4v) is 3.15. The van der Waals surface area contributed by atoms with Crippen LogP contribution in [-0.2, 0) is 0 Å². The molecule has 4 aromatic rings. The van der Waals surface area contributed by atoms with Crippen molar-refractivity contribution in [3.8, 4) is 17.0 Å². The van der Waals surface area contributed by atoms with Gasteiger partial charge in [0.1, 0.15) is 5.75 Å². The normalized spacial score (nSPS) is 11.0. The first-order valence-electron chi connectivity index (χ1n) is 7.66. The summed E-state index contributed by atoms with van der Waals surface area (Å²) >= 11 is 0. The van der Waals surface area contributed by atoms with E-state index in [4.69, 9.17) is 10.5 Å².